The molecule has 3 aromatic rings. The van der Waals surface area contributed by atoms with Gasteiger partial charge in [0.2, 0.25) is 5.91 Å². The fourth-order valence-corrected chi connectivity index (χ4v) is 3.28. The van der Waals surface area contributed by atoms with E-state index in [9.17, 15) is 4.79 Å². The molecule has 8 nitrogen and oxygen atoms in total. The van der Waals surface area contributed by atoms with Crippen LogP contribution in [0.3, 0.4) is 0 Å². The molecule has 0 bridgehead atoms. The number of aromatic nitrogens is 5. The summed E-state index contributed by atoms with van der Waals surface area (Å²) in [6.45, 7) is 2.02. The van der Waals surface area contributed by atoms with E-state index in [0.29, 0.717) is 18.9 Å². The first-order valence-corrected chi connectivity index (χ1v) is 9.03. The average molecular weight is 363 g/mol. The summed E-state index contributed by atoms with van der Waals surface area (Å²) in [5.41, 5.74) is 0.998. The van der Waals surface area contributed by atoms with Gasteiger partial charge in [0.15, 0.2) is 5.82 Å². The van der Waals surface area contributed by atoms with Gasteiger partial charge in [-0.15, -0.1) is 0 Å². The molecule has 1 aliphatic heterocycles. The lowest BCUT2D eigenvalue weighted by Crippen LogP contribution is -2.43. The van der Waals surface area contributed by atoms with E-state index in [1.54, 1.807) is 29.6 Å². The molecule has 1 N–H and O–H groups in total. The van der Waals surface area contributed by atoms with Gasteiger partial charge in [-0.25, -0.2) is 14.6 Å². The van der Waals surface area contributed by atoms with Gasteiger partial charge in [0.05, 0.1) is 5.92 Å². The Hall–Kier alpha value is -3.29. The lowest BCUT2D eigenvalue weighted by molar-refractivity contribution is -0.125. The predicted octanol–water partition coefficient (Wildman–Crippen LogP) is 1.59. The van der Waals surface area contributed by atoms with Gasteiger partial charge in [-0.05, 0) is 30.5 Å². The van der Waals surface area contributed by atoms with Crippen molar-refractivity contribution < 1.29 is 4.79 Å². The second kappa shape index (κ2) is 7.94. The van der Waals surface area contributed by atoms with Gasteiger partial charge in [0.1, 0.15) is 12.1 Å². The smallest absolute Gasteiger partial charge is 0.225 e. The largest absolute Gasteiger partial charge is 0.356 e. The van der Waals surface area contributed by atoms with Crippen molar-refractivity contribution in [1.82, 2.24) is 30.0 Å². The Balaban J connectivity index is 1.40. The van der Waals surface area contributed by atoms with Gasteiger partial charge in [0.25, 0.3) is 0 Å². The molecule has 3 aromatic heterocycles. The van der Waals surface area contributed by atoms with E-state index >= 15 is 0 Å². The summed E-state index contributed by atoms with van der Waals surface area (Å²) in [6, 6.07) is 7.59. The molecule has 0 radical (unpaired) electrons. The molecular weight excluding hydrogens is 342 g/mol. The Bertz CT molecular complexity index is 882. The Kier molecular flexibility index (Phi) is 5.04. The number of hydrogen-bond donors (Lipinski definition) is 1. The average Bonchev–Trinajstić information content (AvgIpc) is 3.28. The minimum Gasteiger partial charge on any atom is -0.356 e. The van der Waals surface area contributed by atoms with Crippen LogP contribution in [-0.2, 0) is 11.3 Å². The van der Waals surface area contributed by atoms with Gasteiger partial charge in [-0.2, -0.15) is 5.10 Å². The molecule has 8 heteroatoms. The molecular formula is C19H21N7O. The number of amides is 1. The molecule has 27 heavy (non-hydrogen) atoms. The third kappa shape index (κ3) is 4.11. The maximum Gasteiger partial charge on any atom is 0.225 e. The Morgan fingerprint density at radius 1 is 1.22 bits per heavy atom. The van der Waals surface area contributed by atoms with E-state index in [0.717, 1.165) is 30.8 Å². The van der Waals surface area contributed by atoms with E-state index in [4.69, 9.17) is 0 Å². The van der Waals surface area contributed by atoms with Gasteiger partial charge in [-0.3, -0.25) is 9.78 Å². The SMILES string of the molecule is O=C(NCc1cccnc1)[C@H]1CCCN(c2cc(-n3cccn3)ncn2)C1. The highest BCUT2D eigenvalue weighted by Gasteiger charge is 2.26. The minimum absolute atomic E-state index is 0.0569. The lowest BCUT2D eigenvalue weighted by atomic mass is 9.97. The maximum atomic E-state index is 12.6. The standard InChI is InChI=1S/C19H21N7O/c27-19(21-12-15-4-1-6-20-11-15)16-5-2-8-25(13-16)17-10-18(23-14-22-17)26-9-3-7-24-26/h1,3-4,6-7,9-11,14,16H,2,5,8,12-13H2,(H,21,27)/t16-/m0/s1. The number of pyridine rings is 1. The van der Waals surface area contributed by atoms with E-state index in [2.05, 4.69) is 30.3 Å². The van der Waals surface area contributed by atoms with Crippen LogP contribution in [0.2, 0.25) is 0 Å². The zero-order valence-corrected chi connectivity index (χ0v) is 14.9. The summed E-state index contributed by atoms with van der Waals surface area (Å²) in [4.78, 5) is 27.5. The highest BCUT2D eigenvalue weighted by atomic mass is 16.1. The monoisotopic (exact) mass is 363 g/mol. The van der Waals surface area contributed by atoms with Crippen molar-refractivity contribution in [2.24, 2.45) is 5.92 Å². The highest BCUT2D eigenvalue weighted by Crippen LogP contribution is 2.22. The number of piperidine rings is 1. The second-order valence-corrected chi connectivity index (χ2v) is 6.55. The summed E-state index contributed by atoms with van der Waals surface area (Å²) in [5.74, 6) is 1.55. The molecule has 1 fully saturated rings. The molecule has 1 atom stereocenters. The Morgan fingerprint density at radius 3 is 2.96 bits per heavy atom. The van der Waals surface area contributed by atoms with Crippen LogP contribution in [0.5, 0.6) is 0 Å². The van der Waals surface area contributed by atoms with Crippen LogP contribution in [0.4, 0.5) is 5.82 Å². The first kappa shape index (κ1) is 17.1. The lowest BCUT2D eigenvalue weighted by Gasteiger charge is -2.32. The van der Waals surface area contributed by atoms with Crippen LogP contribution >= 0.6 is 0 Å². The summed E-state index contributed by atoms with van der Waals surface area (Å²) in [7, 11) is 0. The van der Waals surface area contributed by atoms with Crippen molar-refractivity contribution in [3.63, 3.8) is 0 Å². The third-order valence-corrected chi connectivity index (χ3v) is 4.68. The molecule has 4 heterocycles. The number of anilines is 1. The molecule has 1 amide bonds. The fourth-order valence-electron chi connectivity index (χ4n) is 3.28. The van der Waals surface area contributed by atoms with E-state index in [1.165, 1.54) is 0 Å². The highest BCUT2D eigenvalue weighted by molar-refractivity contribution is 5.79. The van der Waals surface area contributed by atoms with Gasteiger partial charge in [-0.1, -0.05) is 6.07 Å². The second-order valence-electron chi connectivity index (χ2n) is 6.55. The third-order valence-electron chi connectivity index (χ3n) is 4.68. The number of carbonyl (C=O) groups excluding carboxylic acids is 1. The van der Waals surface area contributed by atoms with Crippen LogP contribution in [0.25, 0.3) is 5.82 Å². The van der Waals surface area contributed by atoms with Crippen molar-refractivity contribution in [3.05, 3.63) is 60.9 Å². The van der Waals surface area contributed by atoms with Gasteiger partial charge < -0.3 is 10.2 Å². The number of carbonyl (C=O) groups is 1. The van der Waals surface area contributed by atoms with E-state index in [1.807, 2.05) is 30.5 Å². The summed E-state index contributed by atoms with van der Waals surface area (Å²) in [5, 5.41) is 7.23. The van der Waals surface area contributed by atoms with Gasteiger partial charge >= 0.3 is 0 Å². The van der Waals surface area contributed by atoms with Crippen LogP contribution < -0.4 is 10.2 Å². The molecule has 0 spiro atoms. The van der Waals surface area contributed by atoms with Gasteiger partial charge in [0, 0.05) is 50.5 Å². The molecule has 4 rings (SSSR count). The predicted molar refractivity (Wildman–Crippen MR) is 100 cm³/mol. The molecule has 1 aliphatic rings. The quantitative estimate of drug-likeness (QED) is 0.741. The number of nitrogens with one attached hydrogen (secondary N) is 1. The maximum absolute atomic E-state index is 12.6. The topological polar surface area (TPSA) is 88.8 Å². The number of nitrogens with zero attached hydrogens (tertiary/aromatic N) is 6. The van der Waals surface area contributed by atoms with E-state index < -0.39 is 0 Å². The van der Waals surface area contributed by atoms with Crippen molar-refractivity contribution in [2.75, 3.05) is 18.0 Å². The summed E-state index contributed by atoms with van der Waals surface area (Å²) < 4.78 is 1.70. The summed E-state index contributed by atoms with van der Waals surface area (Å²) >= 11 is 0. The van der Waals surface area contributed by atoms with Crippen molar-refractivity contribution >= 4 is 11.7 Å². The first-order chi connectivity index (χ1) is 13.3. The zero-order chi connectivity index (χ0) is 18.5. The van der Waals surface area contributed by atoms with Crippen LogP contribution in [0, 0.1) is 5.92 Å². The molecule has 0 aromatic carbocycles. The number of rotatable bonds is 5. The normalized spacial score (nSPS) is 16.9. The fraction of sp³-hybridized carbons (Fsp3) is 0.316. The number of hydrogen-bond acceptors (Lipinski definition) is 6. The van der Waals surface area contributed by atoms with Crippen LogP contribution in [0.1, 0.15) is 18.4 Å². The van der Waals surface area contributed by atoms with Crippen molar-refractivity contribution in [3.8, 4) is 5.82 Å². The van der Waals surface area contributed by atoms with Crippen molar-refractivity contribution in [1.29, 1.82) is 0 Å². The van der Waals surface area contributed by atoms with Crippen LogP contribution in [-0.4, -0.2) is 43.7 Å². The molecule has 138 valence electrons. The molecule has 0 unspecified atom stereocenters. The minimum atomic E-state index is -0.0569. The molecule has 0 saturated carbocycles. The molecule has 1 saturated heterocycles. The van der Waals surface area contributed by atoms with E-state index in [-0.39, 0.29) is 11.8 Å². The Morgan fingerprint density at radius 2 is 2.15 bits per heavy atom. The van der Waals surface area contributed by atoms with Crippen LogP contribution in [0.15, 0.2) is 55.4 Å². The van der Waals surface area contributed by atoms with Crippen molar-refractivity contribution in [2.45, 2.75) is 19.4 Å². The summed E-state index contributed by atoms with van der Waals surface area (Å²) in [6.07, 6.45) is 10.4. The Labute approximate surface area is 157 Å². The zero-order valence-electron chi connectivity index (χ0n) is 14.9. The molecule has 0 aliphatic carbocycles. The first-order valence-electron chi connectivity index (χ1n) is 9.03.